The van der Waals surface area contributed by atoms with Crippen molar-refractivity contribution in [1.82, 2.24) is 10.2 Å². The summed E-state index contributed by atoms with van der Waals surface area (Å²) >= 11 is 0. The van der Waals surface area contributed by atoms with Gasteiger partial charge < -0.3 is 10.4 Å². The molecule has 21 heavy (non-hydrogen) atoms. The fraction of sp³-hybridized carbons (Fsp3) is 0.941. The van der Waals surface area contributed by atoms with Crippen molar-refractivity contribution >= 4 is 5.91 Å². The number of carbonyl (C=O) groups is 1. The van der Waals surface area contributed by atoms with Crippen molar-refractivity contribution < 1.29 is 9.90 Å². The van der Waals surface area contributed by atoms with Gasteiger partial charge in [0.2, 0.25) is 5.91 Å². The molecule has 2 N–H and O–H groups in total. The third-order valence-electron chi connectivity index (χ3n) is 6.04. The molecular formula is C17H30N2O2. The molecule has 0 aromatic rings. The van der Waals surface area contributed by atoms with E-state index >= 15 is 0 Å². The van der Waals surface area contributed by atoms with Crippen molar-refractivity contribution in [2.75, 3.05) is 13.1 Å². The minimum atomic E-state index is -0.216. The summed E-state index contributed by atoms with van der Waals surface area (Å²) in [5.74, 6) is 0.751. The van der Waals surface area contributed by atoms with E-state index in [0.717, 1.165) is 45.2 Å². The lowest BCUT2D eigenvalue weighted by Crippen LogP contribution is -2.59. The number of amides is 1. The summed E-state index contributed by atoms with van der Waals surface area (Å²) in [6, 6.07) is 0.251. The van der Waals surface area contributed by atoms with E-state index in [0.29, 0.717) is 5.92 Å². The average molecular weight is 294 g/mol. The van der Waals surface area contributed by atoms with Crippen LogP contribution in [0.25, 0.3) is 0 Å². The van der Waals surface area contributed by atoms with Crippen LogP contribution in [0.1, 0.15) is 64.7 Å². The van der Waals surface area contributed by atoms with E-state index in [1.807, 2.05) is 0 Å². The molecule has 4 heteroatoms. The van der Waals surface area contributed by atoms with Crippen molar-refractivity contribution in [1.29, 1.82) is 0 Å². The smallest absolute Gasteiger partial charge is 0.240 e. The molecule has 2 saturated carbocycles. The Labute approximate surface area is 128 Å². The highest BCUT2D eigenvalue weighted by Gasteiger charge is 2.48. The van der Waals surface area contributed by atoms with E-state index in [1.165, 1.54) is 25.7 Å². The highest BCUT2D eigenvalue weighted by Crippen LogP contribution is 2.38. The summed E-state index contributed by atoms with van der Waals surface area (Å²) < 4.78 is 0. The van der Waals surface area contributed by atoms with Crippen LogP contribution in [0.4, 0.5) is 0 Å². The van der Waals surface area contributed by atoms with Crippen molar-refractivity contribution in [3.63, 3.8) is 0 Å². The largest absolute Gasteiger partial charge is 0.393 e. The molecule has 4 nitrogen and oxygen atoms in total. The first kappa shape index (κ1) is 15.3. The van der Waals surface area contributed by atoms with Gasteiger partial charge in [-0.25, -0.2) is 0 Å². The second-order valence-electron chi connectivity index (χ2n) is 7.31. The number of hydrogen-bond acceptors (Lipinski definition) is 3. The molecule has 1 aliphatic heterocycles. The van der Waals surface area contributed by atoms with Crippen LogP contribution in [0.15, 0.2) is 0 Å². The zero-order valence-corrected chi connectivity index (χ0v) is 13.3. The molecule has 0 spiro atoms. The Morgan fingerprint density at radius 1 is 1.24 bits per heavy atom. The van der Waals surface area contributed by atoms with Gasteiger partial charge in [-0.15, -0.1) is 0 Å². The Bertz CT molecular complexity index is 367. The fourth-order valence-electron chi connectivity index (χ4n) is 4.61. The second-order valence-corrected chi connectivity index (χ2v) is 7.31. The molecule has 0 aromatic heterocycles. The number of likely N-dealkylation sites (tertiary alicyclic amines) is 1. The average Bonchev–Trinajstić information content (AvgIpc) is 3.11. The van der Waals surface area contributed by atoms with E-state index in [-0.39, 0.29) is 23.6 Å². The first-order valence-corrected chi connectivity index (χ1v) is 8.90. The number of rotatable bonds is 5. The standard InChI is InChI=1S/C17H30N2O2/c1-2-15(13-11-14(20)12-13)18-16(21)17(7-3-4-8-17)19-9-5-6-10-19/h13-15,20H,2-12H2,1H3,(H,18,21)/t13?,14?,15-/m0/s1. The molecule has 0 aromatic carbocycles. The van der Waals surface area contributed by atoms with E-state index in [4.69, 9.17) is 0 Å². The number of aliphatic hydroxyl groups is 1. The van der Waals surface area contributed by atoms with Gasteiger partial charge in [0.1, 0.15) is 5.54 Å². The van der Waals surface area contributed by atoms with Gasteiger partial charge in [0, 0.05) is 6.04 Å². The molecule has 3 fully saturated rings. The van der Waals surface area contributed by atoms with Crippen LogP contribution in [0.5, 0.6) is 0 Å². The molecule has 3 rings (SSSR count). The lowest BCUT2D eigenvalue weighted by molar-refractivity contribution is -0.134. The van der Waals surface area contributed by atoms with Crippen LogP contribution < -0.4 is 5.32 Å². The third-order valence-corrected chi connectivity index (χ3v) is 6.04. The summed E-state index contributed by atoms with van der Waals surface area (Å²) in [7, 11) is 0. The van der Waals surface area contributed by atoms with Gasteiger partial charge in [0.25, 0.3) is 0 Å². The molecule has 0 bridgehead atoms. The lowest BCUT2D eigenvalue weighted by Gasteiger charge is -2.42. The summed E-state index contributed by atoms with van der Waals surface area (Å²) in [4.78, 5) is 15.5. The number of nitrogens with one attached hydrogen (secondary N) is 1. The third kappa shape index (κ3) is 2.85. The number of carbonyl (C=O) groups excluding carboxylic acids is 1. The van der Waals surface area contributed by atoms with Crippen LogP contribution >= 0.6 is 0 Å². The predicted molar refractivity (Wildman–Crippen MR) is 83.0 cm³/mol. The highest BCUT2D eigenvalue weighted by atomic mass is 16.3. The lowest BCUT2D eigenvalue weighted by atomic mass is 9.76. The summed E-state index contributed by atoms with van der Waals surface area (Å²) in [6.45, 7) is 4.32. The monoisotopic (exact) mass is 294 g/mol. The molecule has 1 atom stereocenters. The maximum absolute atomic E-state index is 13.0. The van der Waals surface area contributed by atoms with Crippen molar-refractivity contribution in [3.8, 4) is 0 Å². The summed E-state index contributed by atoms with van der Waals surface area (Å²) in [5.41, 5.74) is -0.216. The minimum absolute atomic E-state index is 0.139. The maximum atomic E-state index is 13.0. The van der Waals surface area contributed by atoms with Crippen LogP contribution in [-0.4, -0.2) is 46.7 Å². The van der Waals surface area contributed by atoms with E-state index in [1.54, 1.807) is 0 Å². The van der Waals surface area contributed by atoms with Gasteiger partial charge in [-0.05, 0) is 64.0 Å². The second kappa shape index (κ2) is 6.25. The van der Waals surface area contributed by atoms with Gasteiger partial charge in [-0.2, -0.15) is 0 Å². The van der Waals surface area contributed by atoms with Crippen molar-refractivity contribution in [2.45, 2.75) is 82.4 Å². The Balaban J connectivity index is 1.66. The SMILES string of the molecule is CC[C@H](NC(=O)C1(N2CCCC2)CCCC1)C1CC(O)C1. The predicted octanol–water partition coefficient (Wildman–Crippen LogP) is 2.06. The zero-order valence-electron chi connectivity index (χ0n) is 13.3. The number of hydrogen-bond donors (Lipinski definition) is 2. The molecule has 3 aliphatic rings. The Morgan fingerprint density at radius 2 is 1.86 bits per heavy atom. The van der Waals surface area contributed by atoms with Gasteiger partial charge in [-0.3, -0.25) is 9.69 Å². The molecule has 1 amide bonds. The first-order chi connectivity index (χ1) is 10.2. The number of nitrogens with zero attached hydrogens (tertiary/aromatic N) is 1. The van der Waals surface area contributed by atoms with Gasteiger partial charge in [0.05, 0.1) is 6.10 Å². The molecular weight excluding hydrogens is 264 g/mol. The Morgan fingerprint density at radius 3 is 2.38 bits per heavy atom. The summed E-state index contributed by atoms with van der Waals surface area (Å²) in [5, 5.41) is 12.9. The maximum Gasteiger partial charge on any atom is 0.240 e. The van der Waals surface area contributed by atoms with E-state index in [9.17, 15) is 9.90 Å². The molecule has 2 aliphatic carbocycles. The Hall–Kier alpha value is -0.610. The van der Waals surface area contributed by atoms with Crippen molar-refractivity contribution in [3.05, 3.63) is 0 Å². The highest BCUT2D eigenvalue weighted by molar-refractivity contribution is 5.87. The van der Waals surface area contributed by atoms with Gasteiger partial charge in [0.15, 0.2) is 0 Å². The quantitative estimate of drug-likeness (QED) is 0.816. The molecule has 1 heterocycles. The molecule has 120 valence electrons. The molecule has 0 unspecified atom stereocenters. The zero-order chi connectivity index (χ0) is 14.9. The number of aliphatic hydroxyl groups excluding tert-OH is 1. The van der Waals surface area contributed by atoms with Crippen LogP contribution in [0, 0.1) is 5.92 Å². The first-order valence-electron chi connectivity index (χ1n) is 8.90. The van der Waals surface area contributed by atoms with Crippen LogP contribution in [-0.2, 0) is 4.79 Å². The Kier molecular flexibility index (Phi) is 4.55. The minimum Gasteiger partial charge on any atom is -0.393 e. The van der Waals surface area contributed by atoms with E-state index < -0.39 is 0 Å². The van der Waals surface area contributed by atoms with E-state index in [2.05, 4.69) is 17.1 Å². The molecule has 1 saturated heterocycles. The fourth-order valence-corrected chi connectivity index (χ4v) is 4.61. The summed E-state index contributed by atoms with van der Waals surface area (Å²) in [6.07, 6.45) is 9.45. The normalized spacial score (nSPS) is 33.6. The van der Waals surface area contributed by atoms with Gasteiger partial charge >= 0.3 is 0 Å². The van der Waals surface area contributed by atoms with Crippen molar-refractivity contribution in [2.24, 2.45) is 5.92 Å². The van der Waals surface area contributed by atoms with Gasteiger partial charge in [-0.1, -0.05) is 19.8 Å². The molecule has 0 radical (unpaired) electrons. The topological polar surface area (TPSA) is 52.6 Å². The van der Waals surface area contributed by atoms with Crippen LogP contribution in [0.3, 0.4) is 0 Å². The van der Waals surface area contributed by atoms with Crippen LogP contribution in [0.2, 0.25) is 0 Å².